The maximum atomic E-state index is 11.7. The first-order valence-electron chi connectivity index (χ1n) is 6.45. The van der Waals surface area contributed by atoms with Gasteiger partial charge in [-0.1, -0.05) is 13.0 Å². The van der Waals surface area contributed by atoms with Gasteiger partial charge in [0.25, 0.3) is 0 Å². The fourth-order valence-electron chi connectivity index (χ4n) is 1.88. The quantitative estimate of drug-likeness (QED) is 0.600. The van der Waals surface area contributed by atoms with Crippen LogP contribution in [0.5, 0.6) is 0 Å². The lowest BCUT2D eigenvalue weighted by atomic mass is 10.1. The van der Waals surface area contributed by atoms with Crippen molar-refractivity contribution in [2.24, 2.45) is 0 Å². The zero-order valence-corrected chi connectivity index (χ0v) is 12.1. The first-order chi connectivity index (χ1) is 9.51. The molecule has 0 aromatic heterocycles. The van der Waals surface area contributed by atoms with Crippen molar-refractivity contribution in [3.8, 4) is 0 Å². The van der Waals surface area contributed by atoms with Gasteiger partial charge >= 0.3 is 5.97 Å². The van der Waals surface area contributed by atoms with Crippen LogP contribution >= 0.6 is 0 Å². The Labute approximate surface area is 118 Å². The highest BCUT2D eigenvalue weighted by atomic mass is 16.5. The Bertz CT molecular complexity index is 489. The average Bonchev–Trinajstić information content (AvgIpc) is 2.43. The van der Waals surface area contributed by atoms with Crippen LogP contribution in [-0.4, -0.2) is 39.1 Å². The Morgan fingerprint density at radius 2 is 2.10 bits per heavy atom. The number of methoxy groups -OCH3 is 1. The van der Waals surface area contributed by atoms with E-state index < -0.39 is 5.97 Å². The van der Waals surface area contributed by atoms with Gasteiger partial charge in [0.15, 0.2) is 0 Å². The molecule has 0 saturated heterocycles. The molecule has 0 saturated carbocycles. The van der Waals surface area contributed by atoms with Gasteiger partial charge in [0.2, 0.25) is 5.91 Å². The number of hydrogen-bond donors (Lipinski definition) is 2. The zero-order valence-electron chi connectivity index (χ0n) is 12.1. The molecule has 0 heterocycles. The van der Waals surface area contributed by atoms with Gasteiger partial charge in [-0.3, -0.25) is 4.79 Å². The lowest BCUT2D eigenvalue weighted by Gasteiger charge is -2.22. The Morgan fingerprint density at radius 3 is 2.70 bits per heavy atom. The topological polar surface area (TPSA) is 84.7 Å². The van der Waals surface area contributed by atoms with Gasteiger partial charge in [0.05, 0.1) is 30.6 Å². The van der Waals surface area contributed by atoms with Crippen molar-refractivity contribution in [2.45, 2.75) is 13.3 Å². The lowest BCUT2D eigenvalue weighted by Crippen LogP contribution is -2.36. The van der Waals surface area contributed by atoms with E-state index in [1.54, 1.807) is 30.1 Å². The van der Waals surface area contributed by atoms with E-state index >= 15 is 0 Å². The van der Waals surface area contributed by atoms with Crippen molar-refractivity contribution in [1.29, 1.82) is 0 Å². The van der Waals surface area contributed by atoms with Crippen molar-refractivity contribution in [1.82, 2.24) is 5.32 Å². The number of anilines is 2. The average molecular weight is 279 g/mol. The second-order valence-electron chi connectivity index (χ2n) is 4.44. The standard InChI is InChI=1S/C14H21N3O3/c1-4-8-16-12(18)9-17(2)13-10(14(19)20-3)6-5-7-11(13)15/h5-7H,4,8-9,15H2,1-3H3,(H,16,18). The van der Waals surface area contributed by atoms with Crippen molar-refractivity contribution in [3.05, 3.63) is 23.8 Å². The number of rotatable bonds is 6. The van der Waals surface area contributed by atoms with Crippen LogP contribution in [0, 0.1) is 0 Å². The van der Waals surface area contributed by atoms with E-state index in [-0.39, 0.29) is 12.5 Å². The molecule has 0 spiro atoms. The maximum Gasteiger partial charge on any atom is 0.340 e. The Kier molecular flexibility index (Phi) is 5.83. The number of nitrogens with zero attached hydrogens (tertiary/aromatic N) is 1. The number of amides is 1. The number of ether oxygens (including phenoxy) is 1. The van der Waals surface area contributed by atoms with Gasteiger partial charge in [0, 0.05) is 13.6 Å². The predicted molar refractivity (Wildman–Crippen MR) is 78.8 cm³/mol. The molecular formula is C14H21N3O3. The summed E-state index contributed by atoms with van der Waals surface area (Å²) in [7, 11) is 3.02. The predicted octanol–water partition coefficient (Wildman–Crippen LogP) is 1.02. The van der Waals surface area contributed by atoms with Gasteiger partial charge in [-0.05, 0) is 18.6 Å². The highest BCUT2D eigenvalue weighted by Gasteiger charge is 2.18. The number of carbonyl (C=O) groups excluding carboxylic acids is 2. The highest BCUT2D eigenvalue weighted by molar-refractivity contribution is 5.99. The van der Waals surface area contributed by atoms with Crippen molar-refractivity contribution < 1.29 is 14.3 Å². The van der Waals surface area contributed by atoms with Crippen LogP contribution in [0.25, 0.3) is 0 Å². The zero-order chi connectivity index (χ0) is 15.1. The van der Waals surface area contributed by atoms with Gasteiger partial charge < -0.3 is 20.7 Å². The number of nitrogen functional groups attached to an aromatic ring is 1. The minimum atomic E-state index is -0.479. The molecule has 0 bridgehead atoms. The Morgan fingerprint density at radius 1 is 1.40 bits per heavy atom. The van der Waals surface area contributed by atoms with Crippen molar-refractivity contribution in [3.63, 3.8) is 0 Å². The number of benzene rings is 1. The molecule has 20 heavy (non-hydrogen) atoms. The van der Waals surface area contributed by atoms with Crippen LogP contribution in [0.4, 0.5) is 11.4 Å². The maximum absolute atomic E-state index is 11.7. The summed E-state index contributed by atoms with van der Waals surface area (Å²) in [6.45, 7) is 2.73. The van der Waals surface area contributed by atoms with E-state index in [9.17, 15) is 9.59 Å². The second kappa shape index (κ2) is 7.37. The number of nitrogens with two attached hydrogens (primary N) is 1. The van der Waals surface area contributed by atoms with Crippen LogP contribution in [-0.2, 0) is 9.53 Å². The molecule has 1 aromatic rings. The first-order valence-corrected chi connectivity index (χ1v) is 6.45. The molecule has 110 valence electrons. The Hall–Kier alpha value is -2.24. The second-order valence-corrected chi connectivity index (χ2v) is 4.44. The van der Waals surface area contributed by atoms with Crippen LogP contribution in [0.3, 0.4) is 0 Å². The summed E-state index contributed by atoms with van der Waals surface area (Å²) < 4.78 is 4.73. The molecule has 6 nitrogen and oxygen atoms in total. The molecule has 1 rings (SSSR count). The summed E-state index contributed by atoms with van der Waals surface area (Å²) >= 11 is 0. The molecule has 1 aromatic carbocycles. The Balaban J connectivity index is 2.94. The molecule has 0 unspecified atom stereocenters. The number of nitrogens with one attached hydrogen (secondary N) is 1. The summed E-state index contributed by atoms with van der Waals surface area (Å²) in [5, 5.41) is 2.78. The van der Waals surface area contributed by atoms with Crippen molar-refractivity contribution in [2.75, 3.05) is 37.9 Å². The molecule has 0 aliphatic rings. The summed E-state index contributed by atoms with van der Waals surface area (Å²) in [5.41, 5.74) is 7.19. The highest BCUT2D eigenvalue weighted by Crippen LogP contribution is 2.27. The molecule has 3 N–H and O–H groups in total. The lowest BCUT2D eigenvalue weighted by molar-refractivity contribution is -0.119. The number of hydrogen-bond acceptors (Lipinski definition) is 5. The fourth-order valence-corrected chi connectivity index (χ4v) is 1.88. The summed E-state index contributed by atoms with van der Waals surface area (Å²) in [5.74, 6) is -0.596. The van der Waals surface area contributed by atoms with Crippen LogP contribution in [0.1, 0.15) is 23.7 Å². The number of likely N-dealkylation sites (N-methyl/N-ethyl adjacent to an activating group) is 1. The minimum Gasteiger partial charge on any atom is -0.465 e. The minimum absolute atomic E-state index is 0.117. The normalized spacial score (nSPS) is 9.95. The molecule has 0 radical (unpaired) electrons. The van der Waals surface area contributed by atoms with Crippen LogP contribution < -0.4 is 16.0 Å². The molecular weight excluding hydrogens is 258 g/mol. The van der Waals surface area contributed by atoms with Gasteiger partial charge in [-0.2, -0.15) is 0 Å². The molecule has 0 atom stereocenters. The summed E-state index contributed by atoms with van der Waals surface area (Å²) in [6.07, 6.45) is 0.871. The van der Waals surface area contributed by atoms with E-state index in [0.717, 1.165) is 6.42 Å². The van der Waals surface area contributed by atoms with E-state index in [1.807, 2.05) is 6.92 Å². The van der Waals surface area contributed by atoms with Crippen LogP contribution in [0.2, 0.25) is 0 Å². The number of para-hydroxylation sites is 1. The van der Waals surface area contributed by atoms with Crippen molar-refractivity contribution >= 4 is 23.3 Å². The van der Waals surface area contributed by atoms with Gasteiger partial charge in [-0.15, -0.1) is 0 Å². The molecule has 0 fully saturated rings. The number of carbonyl (C=O) groups is 2. The summed E-state index contributed by atoms with van der Waals surface area (Å²) in [6, 6.07) is 4.98. The van der Waals surface area contributed by atoms with E-state index in [2.05, 4.69) is 5.32 Å². The molecule has 0 aliphatic carbocycles. The third-order valence-corrected chi connectivity index (χ3v) is 2.81. The molecule has 0 aliphatic heterocycles. The third-order valence-electron chi connectivity index (χ3n) is 2.81. The molecule has 6 heteroatoms. The molecule has 1 amide bonds. The third kappa shape index (κ3) is 3.88. The van der Waals surface area contributed by atoms with E-state index in [1.165, 1.54) is 7.11 Å². The van der Waals surface area contributed by atoms with Gasteiger partial charge in [-0.25, -0.2) is 4.79 Å². The fraction of sp³-hybridized carbons (Fsp3) is 0.429. The smallest absolute Gasteiger partial charge is 0.340 e. The monoisotopic (exact) mass is 279 g/mol. The largest absolute Gasteiger partial charge is 0.465 e. The SMILES string of the molecule is CCCNC(=O)CN(C)c1c(N)cccc1C(=O)OC. The van der Waals surface area contributed by atoms with Gasteiger partial charge in [0.1, 0.15) is 0 Å². The van der Waals surface area contributed by atoms with E-state index in [4.69, 9.17) is 10.5 Å². The summed E-state index contributed by atoms with van der Waals surface area (Å²) in [4.78, 5) is 25.1. The number of esters is 1. The first kappa shape index (κ1) is 15.8. The van der Waals surface area contributed by atoms with E-state index in [0.29, 0.717) is 23.5 Å². The van der Waals surface area contributed by atoms with Crippen LogP contribution in [0.15, 0.2) is 18.2 Å².